The summed E-state index contributed by atoms with van der Waals surface area (Å²) in [6.07, 6.45) is 9.28. The molecule has 3 heterocycles. The number of carbonyl (C=O) groups is 3. The molecule has 0 aliphatic heterocycles. The average molecular weight is 892 g/mol. The fourth-order valence-corrected chi connectivity index (χ4v) is 7.21. The molecule has 344 valence electrons. The summed E-state index contributed by atoms with van der Waals surface area (Å²) in [5, 5.41) is 25.9. The van der Waals surface area contributed by atoms with E-state index in [1.54, 1.807) is 23.1 Å². The summed E-state index contributed by atoms with van der Waals surface area (Å²) in [5.41, 5.74) is 9.09. The van der Waals surface area contributed by atoms with Crippen LogP contribution in [-0.4, -0.2) is 80.4 Å². The van der Waals surface area contributed by atoms with Gasteiger partial charge in [-0.15, -0.1) is 10.2 Å². The number of unbranched alkanes of at least 4 members (excludes halogenated alkanes) is 3. The first-order chi connectivity index (χ1) is 32.1. The number of rotatable bonds is 25. The highest BCUT2D eigenvalue weighted by atomic mass is 16.5. The molecule has 0 saturated carbocycles. The van der Waals surface area contributed by atoms with Crippen molar-refractivity contribution in [1.29, 1.82) is 0 Å². The van der Waals surface area contributed by atoms with Crippen LogP contribution < -0.4 is 26.1 Å². The minimum Gasteiger partial charge on any atom is -0.478 e. The van der Waals surface area contributed by atoms with E-state index in [9.17, 15) is 14.4 Å². The number of anilines is 1. The van der Waals surface area contributed by atoms with Crippen LogP contribution in [0.3, 0.4) is 0 Å². The van der Waals surface area contributed by atoms with Crippen molar-refractivity contribution in [2.75, 3.05) is 25.6 Å². The van der Waals surface area contributed by atoms with Gasteiger partial charge in [-0.05, 0) is 104 Å². The highest BCUT2D eigenvalue weighted by molar-refractivity contribution is 5.97. The van der Waals surface area contributed by atoms with Crippen molar-refractivity contribution in [3.05, 3.63) is 138 Å². The molecule has 66 heavy (non-hydrogen) atoms. The van der Waals surface area contributed by atoms with Crippen LogP contribution in [-0.2, 0) is 21.5 Å². The van der Waals surface area contributed by atoms with Crippen molar-refractivity contribution in [2.45, 2.75) is 96.6 Å². The zero-order valence-corrected chi connectivity index (χ0v) is 38.4. The van der Waals surface area contributed by atoms with E-state index in [2.05, 4.69) is 91.1 Å². The van der Waals surface area contributed by atoms with Crippen LogP contribution in [0.4, 0.5) is 5.82 Å². The number of ether oxygens (including phenoxy) is 1. The Bertz CT molecular complexity index is 2440. The fraction of sp³-hybridized carbons (Fsp3) is 0.353. The van der Waals surface area contributed by atoms with E-state index in [0.717, 1.165) is 59.2 Å². The van der Waals surface area contributed by atoms with Crippen molar-refractivity contribution >= 4 is 29.8 Å². The maximum absolute atomic E-state index is 13.0. The first kappa shape index (κ1) is 48.2. The lowest BCUT2D eigenvalue weighted by molar-refractivity contribution is -0.123. The average Bonchev–Trinajstić information content (AvgIpc) is 3.83. The summed E-state index contributed by atoms with van der Waals surface area (Å²) in [6.45, 7) is 7.85. The lowest BCUT2D eigenvalue weighted by Gasteiger charge is -2.20. The van der Waals surface area contributed by atoms with Gasteiger partial charge in [-0.1, -0.05) is 98.8 Å². The van der Waals surface area contributed by atoms with Crippen LogP contribution in [0.5, 0.6) is 5.88 Å². The van der Waals surface area contributed by atoms with Gasteiger partial charge in [0.25, 0.3) is 5.91 Å². The smallest absolute Gasteiger partial charge is 0.253 e. The zero-order chi connectivity index (χ0) is 46.6. The van der Waals surface area contributed by atoms with Gasteiger partial charge < -0.3 is 20.7 Å². The number of aromatic nitrogens is 6. The molecular formula is C51H61N11O4. The molecule has 0 bridgehead atoms. The molecule has 0 fully saturated rings. The Balaban J connectivity index is 0.840. The Kier molecular flexibility index (Phi) is 18.0. The van der Waals surface area contributed by atoms with Crippen molar-refractivity contribution in [2.24, 2.45) is 5.10 Å². The molecule has 6 rings (SSSR count). The van der Waals surface area contributed by atoms with Gasteiger partial charge in [0.05, 0.1) is 30.6 Å². The van der Waals surface area contributed by atoms with E-state index >= 15 is 0 Å². The number of carbonyl (C=O) groups excluding carboxylic acids is 3. The number of pyridine rings is 2. The number of hydrazone groups is 1. The first-order valence-corrected chi connectivity index (χ1v) is 22.7. The standard InChI is InChI=1S/C51H61N11O4/c1-37-19-11-12-24-40(37)36-55-58-45-28-27-41(35-54-45)48(64)57-43(49(65)52-4)25-13-16-30-53-46(63)26-14-17-31-62-60-50(59-61-62)51(2,3)29-15-18-32-66-47-34-42(38-20-7-5-8-21-38)33-44(56-47)39-22-9-6-10-23-39/h5-12,19-24,27-28,33-36,43H,13-18,25-26,29-32H2,1-4H3,(H,52,65)(H,53,63)(H,54,58)(H,57,64)/b55-36-. The molecule has 0 aliphatic carbocycles. The molecule has 4 N–H and O–H groups in total. The number of aryl methyl sites for hydroxylation is 2. The van der Waals surface area contributed by atoms with Crippen LogP contribution in [0, 0.1) is 6.92 Å². The van der Waals surface area contributed by atoms with Gasteiger partial charge in [-0.3, -0.25) is 19.8 Å². The maximum atomic E-state index is 13.0. The lowest BCUT2D eigenvalue weighted by Crippen LogP contribution is -2.45. The largest absolute Gasteiger partial charge is 0.478 e. The van der Waals surface area contributed by atoms with Crippen molar-refractivity contribution in [1.82, 2.24) is 46.1 Å². The van der Waals surface area contributed by atoms with Crippen molar-refractivity contribution in [3.63, 3.8) is 0 Å². The van der Waals surface area contributed by atoms with Gasteiger partial charge in [-0.25, -0.2) is 9.97 Å². The van der Waals surface area contributed by atoms with Crippen LogP contribution in [0.25, 0.3) is 22.4 Å². The normalized spacial score (nSPS) is 11.8. The molecule has 3 aromatic carbocycles. The summed E-state index contributed by atoms with van der Waals surface area (Å²) >= 11 is 0. The molecule has 15 nitrogen and oxygen atoms in total. The summed E-state index contributed by atoms with van der Waals surface area (Å²) in [6, 6.07) is 34.9. The summed E-state index contributed by atoms with van der Waals surface area (Å²) in [7, 11) is 1.53. The van der Waals surface area contributed by atoms with Gasteiger partial charge in [0, 0.05) is 43.3 Å². The summed E-state index contributed by atoms with van der Waals surface area (Å²) in [4.78, 5) is 48.8. The topological polar surface area (TPSA) is 190 Å². The van der Waals surface area contributed by atoms with E-state index < -0.39 is 11.9 Å². The monoisotopic (exact) mass is 891 g/mol. The molecule has 3 amide bonds. The summed E-state index contributed by atoms with van der Waals surface area (Å²) in [5.74, 6) is 1.05. The maximum Gasteiger partial charge on any atom is 0.253 e. The molecule has 1 unspecified atom stereocenters. The SMILES string of the molecule is CNC(=O)C(CCCCNC(=O)CCCCn1nnc(C(C)(C)CCCCOc2cc(-c3ccccc3)cc(-c3ccccc3)n2)n1)NC(=O)c1ccc(N/N=C\c2ccccc2C)nc1. The van der Waals surface area contributed by atoms with E-state index in [-0.39, 0.29) is 17.2 Å². The number of benzene rings is 3. The first-order valence-electron chi connectivity index (χ1n) is 22.7. The third kappa shape index (κ3) is 14.9. The summed E-state index contributed by atoms with van der Waals surface area (Å²) < 4.78 is 6.20. The number of hydrogen-bond donors (Lipinski definition) is 4. The molecule has 3 aromatic heterocycles. The van der Waals surface area contributed by atoms with Crippen LogP contribution in [0.2, 0.25) is 0 Å². The second-order valence-corrected chi connectivity index (χ2v) is 16.8. The molecular weight excluding hydrogens is 831 g/mol. The lowest BCUT2D eigenvalue weighted by atomic mass is 9.86. The molecule has 1 atom stereocenters. The van der Waals surface area contributed by atoms with E-state index in [1.165, 1.54) is 13.2 Å². The van der Waals surface area contributed by atoms with Crippen LogP contribution >= 0.6 is 0 Å². The van der Waals surface area contributed by atoms with Gasteiger partial charge in [0.1, 0.15) is 11.9 Å². The Hall–Kier alpha value is -7.29. The highest BCUT2D eigenvalue weighted by Gasteiger charge is 2.26. The fourth-order valence-electron chi connectivity index (χ4n) is 7.21. The molecule has 0 radical (unpaired) electrons. The van der Waals surface area contributed by atoms with E-state index in [4.69, 9.17) is 9.72 Å². The van der Waals surface area contributed by atoms with Crippen LogP contribution in [0.1, 0.15) is 98.9 Å². The van der Waals surface area contributed by atoms with Gasteiger partial charge in [0.15, 0.2) is 5.82 Å². The third-order valence-electron chi connectivity index (χ3n) is 11.2. The second kappa shape index (κ2) is 24.7. The number of nitrogens with zero attached hydrogens (tertiary/aromatic N) is 7. The predicted molar refractivity (Wildman–Crippen MR) is 258 cm³/mol. The quantitative estimate of drug-likeness (QED) is 0.0248. The Morgan fingerprint density at radius 2 is 1.59 bits per heavy atom. The molecule has 0 saturated heterocycles. The highest BCUT2D eigenvalue weighted by Crippen LogP contribution is 2.30. The Morgan fingerprint density at radius 1 is 0.833 bits per heavy atom. The second-order valence-electron chi connectivity index (χ2n) is 16.8. The predicted octanol–water partition coefficient (Wildman–Crippen LogP) is 8.08. The van der Waals surface area contributed by atoms with Gasteiger partial charge in [0.2, 0.25) is 17.7 Å². The molecule has 15 heteroatoms. The van der Waals surface area contributed by atoms with Crippen molar-refractivity contribution < 1.29 is 19.1 Å². The van der Waals surface area contributed by atoms with E-state index in [1.807, 2.05) is 73.7 Å². The molecule has 6 aromatic rings. The number of tetrazole rings is 1. The third-order valence-corrected chi connectivity index (χ3v) is 11.2. The Labute approximate surface area is 387 Å². The Morgan fingerprint density at radius 3 is 2.33 bits per heavy atom. The van der Waals surface area contributed by atoms with Gasteiger partial charge >= 0.3 is 0 Å². The number of likely N-dealkylation sites (N-methyl/N-ethyl adjacent to an activating group) is 1. The number of hydrogen-bond acceptors (Lipinski definition) is 11. The zero-order valence-electron chi connectivity index (χ0n) is 38.4. The van der Waals surface area contributed by atoms with Crippen molar-refractivity contribution in [3.8, 4) is 28.3 Å². The number of amides is 3. The molecule has 0 aliphatic rings. The van der Waals surface area contributed by atoms with E-state index in [0.29, 0.717) is 74.9 Å². The number of nitrogens with one attached hydrogen (secondary N) is 4. The van der Waals surface area contributed by atoms with Crippen LogP contribution in [0.15, 0.2) is 120 Å². The minimum atomic E-state index is -0.729. The minimum absolute atomic E-state index is 0.0360. The molecule has 0 spiro atoms. The van der Waals surface area contributed by atoms with Gasteiger partial charge in [-0.2, -0.15) is 9.90 Å².